The van der Waals surface area contributed by atoms with E-state index in [2.05, 4.69) is 4.98 Å². The maximum Gasteiger partial charge on any atom is 0.182 e. The van der Waals surface area contributed by atoms with Gasteiger partial charge in [-0.2, -0.15) is 0 Å². The van der Waals surface area contributed by atoms with Gasteiger partial charge in [0.05, 0.1) is 5.69 Å². The molecule has 0 aliphatic heterocycles. The van der Waals surface area contributed by atoms with Crippen LogP contribution in [0.15, 0.2) is 23.1 Å². The third kappa shape index (κ3) is 1.22. The number of aromatic amines is 1. The molecule has 0 spiro atoms. The van der Waals surface area contributed by atoms with Crippen LogP contribution in [0.25, 0.3) is 0 Å². The van der Waals surface area contributed by atoms with E-state index in [1.165, 1.54) is 18.3 Å². The van der Waals surface area contributed by atoms with E-state index >= 15 is 0 Å². The number of nitrogen functional groups attached to an aromatic ring is 1. The summed E-state index contributed by atoms with van der Waals surface area (Å²) in [5.41, 5.74) is 5.30. The number of H-pyrrole nitrogens is 1. The molecule has 4 nitrogen and oxygen atoms in total. The van der Waals surface area contributed by atoms with Gasteiger partial charge >= 0.3 is 0 Å². The molecule has 0 unspecified atom stereocenters. The van der Waals surface area contributed by atoms with Crippen molar-refractivity contribution in [3.8, 4) is 0 Å². The second-order valence-electron chi connectivity index (χ2n) is 1.85. The third-order valence-corrected chi connectivity index (χ3v) is 1.06. The molecule has 1 aromatic rings. The molecule has 10 heavy (non-hydrogen) atoms. The van der Waals surface area contributed by atoms with Gasteiger partial charge in [0, 0.05) is 18.3 Å². The van der Waals surface area contributed by atoms with Crippen LogP contribution in [0.4, 0.5) is 0 Å². The van der Waals surface area contributed by atoms with Gasteiger partial charge in [0.1, 0.15) is 5.84 Å². The summed E-state index contributed by atoms with van der Waals surface area (Å²) < 4.78 is 0. The largest absolute Gasteiger partial charge is 0.382 e. The molecule has 0 atom stereocenters. The highest BCUT2D eigenvalue weighted by molar-refractivity contribution is 5.92. The Morgan fingerprint density at radius 3 is 2.80 bits per heavy atom. The molecule has 0 aromatic carbocycles. The van der Waals surface area contributed by atoms with Gasteiger partial charge < -0.3 is 10.7 Å². The van der Waals surface area contributed by atoms with Crippen molar-refractivity contribution in [1.82, 2.24) is 4.98 Å². The van der Waals surface area contributed by atoms with Crippen LogP contribution < -0.4 is 11.2 Å². The third-order valence-electron chi connectivity index (χ3n) is 1.06. The summed E-state index contributed by atoms with van der Waals surface area (Å²) in [7, 11) is 0. The zero-order chi connectivity index (χ0) is 7.56. The van der Waals surface area contributed by atoms with E-state index in [9.17, 15) is 4.79 Å². The van der Waals surface area contributed by atoms with E-state index in [-0.39, 0.29) is 11.3 Å². The quantitative estimate of drug-likeness (QED) is 0.365. The highest BCUT2D eigenvalue weighted by Crippen LogP contribution is 1.83. The van der Waals surface area contributed by atoms with E-state index < -0.39 is 0 Å². The van der Waals surface area contributed by atoms with Gasteiger partial charge in [0.15, 0.2) is 5.43 Å². The highest BCUT2D eigenvalue weighted by atomic mass is 16.1. The van der Waals surface area contributed by atoms with Crippen molar-refractivity contribution in [2.75, 3.05) is 0 Å². The molecule has 4 N–H and O–H groups in total. The van der Waals surface area contributed by atoms with Crippen LogP contribution in [0.5, 0.6) is 0 Å². The fraction of sp³-hybridized carbons (Fsp3) is 0. The summed E-state index contributed by atoms with van der Waals surface area (Å²) >= 11 is 0. The molecule has 0 radical (unpaired) electrons. The maximum atomic E-state index is 10.6. The number of nitrogens with one attached hydrogen (secondary N) is 2. The van der Waals surface area contributed by atoms with Gasteiger partial charge in [0.2, 0.25) is 0 Å². The molecule has 0 saturated carbocycles. The zero-order valence-corrected chi connectivity index (χ0v) is 5.22. The number of aromatic nitrogens is 1. The minimum atomic E-state index is -0.149. The Morgan fingerprint density at radius 1 is 1.70 bits per heavy atom. The molecule has 0 amide bonds. The number of pyridine rings is 1. The maximum absolute atomic E-state index is 10.6. The molecule has 1 heterocycles. The fourth-order valence-electron chi connectivity index (χ4n) is 0.601. The average molecular weight is 137 g/mol. The van der Waals surface area contributed by atoms with Crippen molar-refractivity contribution in [3.05, 3.63) is 34.2 Å². The second kappa shape index (κ2) is 2.34. The second-order valence-corrected chi connectivity index (χ2v) is 1.85. The predicted molar refractivity (Wildman–Crippen MR) is 38.1 cm³/mol. The standard InChI is InChI=1S/C6H7N3O/c7-6(8)5-3-4(10)1-2-9-5/h1-3H,(H3,7,8)(H,9,10). The Hall–Kier alpha value is -1.58. The Morgan fingerprint density at radius 2 is 2.40 bits per heavy atom. The summed E-state index contributed by atoms with van der Waals surface area (Å²) in [5, 5.41) is 6.94. The van der Waals surface area contributed by atoms with Crippen LogP contribution in [0, 0.1) is 5.41 Å². The summed E-state index contributed by atoms with van der Waals surface area (Å²) in [6.07, 6.45) is 1.46. The molecular formula is C6H7N3O. The molecule has 0 aliphatic carbocycles. The lowest BCUT2D eigenvalue weighted by atomic mass is 10.3. The van der Waals surface area contributed by atoms with E-state index in [4.69, 9.17) is 11.1 Å². The lowest BCUT2D eigenvalue weighted by molar-refractivity contribution is 1.24. The fourth-order valence-corrected chi connectivity index (χ4v) is 0.601. The first kappa shape index (κ1) is 6.54. The van der Waals surface area contributed by atoms with Crippen molar-refractivity contribution >= 4 is 5.84 Å². The molecule has 1 aromatic heterocycles. The minimum absolute atomic E-state index is 0.127. The van der Waals surface area contributed by atoms with Crippen LogP contribution in [0.3, 0.4) is 0 Å². The number of hydrogen-bond donors (Lipinski definition) is 3. The number of amidine groups is 1. The zero-order valence-electron chi connectivity index (χ0n) is 5.22. The first-order chi connectivity index (χ1) is 4.70. The van der Waals surface area contributed by atoms with Gasteiger partial charge in [-0.1, -0.05) is 0 Å². The number of hydrogen-bond acceptors (Lipinski definition) is 2. The van der Waals surface area contributed by atoms with Crippen LogP contribution in [-0.2, 0) is 0 Å². The van der Waals surface area contributed by atoms with Gasteiger partial charge in [-0.3, -0.25) is 10.2 Å². The molecule has 0 bridgehead atoms. The van der Waals surface area contributed by atoms with Crippen LogP contribution >= 0.6 is 0 Å². The van der Waals surface area contributed by atoms with Crippen molar-refractivity contribution < 1.29 is 0 Å². The van der Waals surface area contributed by atoms with Crippen molar-refractivity contribution in [1.29, 1.82) is 5.41 Å². The van der Waals surface area contributed by atoms with Crippen LogP contribution in [0.2, 0.25) is 0 Å². The van der Waals surface area contributed by atoms with Crippen molar-refractivity contribution in [3.63, 3.8) is 0 Å². The topological polar surface area (TPSA) is 82.7 Å². The smallest absolute Gasteiger partial charge is 0.182 e. The first-order valence-corrected chi connectivity index (χ1v) is 2.73. The Kier molecular flexibility index (Phi) is 1.53. The van der Waals surface area contributed by atoms with Gasteiger partial charge in [0.25, 0.3) is 0 Å². The molecule has 0 saturated heterocycles. The Bertz CT molecular complexity index is 302. The lowest BCUT2D eigenvalue weighted by Gasteiger charge is -1.93. The van der Waals surface area contributed by atoms with Crippen molar-refractivity contribution in [2.45, 2.75) is 0 Å². The molecule has 0 fully saturated rings. The minimum Gasteiger partial charge on any atom is -0.382 e. The normalized spacial score (nSPS) is 9.20. The number of rotatable bonds is 1. The Balaban J connectivity index is 3.20. The van der Waals surface area contributed by atoms with Crippen LogP contribution in [0.1, 0.15) is 5.69 Å². The monoisotopic (exact) mass is 137 g/mol. The summed E-state index contributed by atoms with van der Waals surface area (Å²) in [6, 6.07) is 2.65. The Labute approximate surface area is 57.2 Å². The van der Waals surface area contributed by atoms with E-state index in [1.54, 1.807) is 0 Å². The van der Waals surface area contributed by atoms with Gasteiger partial charge in [-0.25, -0.2) is 0 Å². The van der Waals surface area contributed by atoms with E-state index in [0.717, 1.165) is 0 Å². The van der Waals surface area contributed by atoms with Crippen molar-refractivity contribution in [2.24, 2.45) is 5.73 Å². The van der Waals surface area contributed by atoms with Crippen LogP contribution in [-0.4, -0.2) is 10.8 Å². The van der Waals surface area contributed by atoms with Gasteiger partial charge in [-0.15, -0.1) is 0 Å². The molecule has 1 rings (SSSR count). The average Bonchev–Trinajstić information content (AvgIpc) is 1.88. The number of nitrogens with two attached hydrogens (primary N) is 1. The summed E-state index contributed by atoms with van der Waals surface area (Å²) in [6.45, 7) is 0. The highest BCUT2D eigenvalue weighted by Gasteiger charge is 1.93. The SMILES string of the molecule is N=C(N)c1cc(=O)cc[nH]1. The first-order valence-electron chi connectivity index (χ1n) is 2.73. The summed E-state index contributed by atoms with van der Waals surface area (Å²) in [4.78, 5) is 13.3. The van der Waals surface area contributed by atoms with Gasteiger partial charge in [-0.05, 0) is 0 Å². The molecular weight excluding hydrogens is 130 g/mol. The molecule has 0 aliphatic rings. The lowest BCUT2D eigenvalue weighted by Crippen LogP contribution is -2.15. The van der Waals surface area contributed by atoms with E-state index in [1.807, 2.05) is 0 Å². The van der Waals surface area contributed by atoms with E-state index in [0.29, 0.717) is 5.69 Å². The summed E-state index contributed by atoms with van der Waals surface area (Å²) in [5.74, 6) is -0.127. The molecule has 4 heteroatoms. The molecule has 52 valence electrons. The predicted octanol–water partition coefficient (Wildman–Crippen LogP) is -0.341.